The number of fused-ring (bicyclic) bond motifs is 1. The lowest BCUT2D eigenvalue weighted by molar-refractivity contribution is -0.139. The summed E-state index contributed by atoms with van der Waals surface area (Å²) in [5.41, 5.74) is 0.743. The van der Waals surface area contributed by atoms with E-state index in [1.54, 1.807) is 12.1 Å². The summed E-state index contributed by atoms with van der Waals surface area (Å²) >= 11 is 0. The Labute approximate surface area is 205 Å². The molecule has 2 aromatic heterocycles. The van der Waals surface area contributed by atoms with Gasteiger partial charge in [0.15, 0.2) is 5.78 Å². The van der Waals surface area contributed by atoms with E-state index in [0.29, 0.717) is 18.4 Å². The van der Waals surface area contributed by atoms with E-state index in [-0.39, 0.29) is 41.5 Å². The van der Waals surface area contributed by atoms with Crippen LogP contribution in [-0.2, 0) is 17.5 Å². The zero-order valence-corrected chi connectivity index (χ0v) is 19.6. The van der Waals surface area contributed by atoms with Crippen LogP contribution in [0.2, 0.25) is 0 Å². The Morgan fingerprint density at radius 3 is 2.83 bits per heavy atom. The summed E-state index contributed by atoms with van der Waals surface area (Å²) in [7, 11) is 0. The van der Waals surface area contributed by atoms with Crippen molar-refractivity contribution < 1.29 is 27.2 Å². The van der Waals surface area contributed by atoms with E-state index in [0.717, 1.165) is 29.8 Å². The quantitative estimate of drug-likeness (QED) is 0.263. The third-order valence-electron chi connectivity index (χ3n) is 6.24. The molecule has 1 aliphatic carbocycles. The molecule has 1 atom stereocenters. The zero-order chi connectivity index (χ0) is 25.3. The van der Waals surface area contributed by atoms with Crippen LogP contribution in [0.4, 0.5) is 13.2 Å². The first-order chi connectivity index (χ1) is 17.3. The number of allylic oxidation sites excluding steroid dienone is 1. The van der Waals surface area contributed by atoms with Crippen LogP contribution in [0.25, 0.3) is 33.7 Å². The molecule has 4 aromatic rings. The number of benzene rings is 2. The molecule has 5 rings (SSSR count). The second kappa shape index (κ2) is 9.64. The highest BCUT2D eigenvalue weighted by atomic mass is 19.4. The molecule has 186 valence electrons. The summed E-state index contributed by atoms with van der Waals surface area (Å²) in [6, 6.07) is 11.1. The molecule has 0 amide bonds. The fourth-order valence-corrected chi connectivity index (χ4v) is 4.34. The lowest BCUT2D eigenvalue weighted by atomic mass is 10.0. The number of aromatic nitrogens is 3. The van der Waals surface area contributed by atoms with Crippen LogP contribution >= 0.6 is 0 Å². The van der Waals surface area contributed by atoms with Crippen LogP contribution in [0.5, 0.6) is 5.75 Å². The number of hydrogen-bond acceptors (Lipinski definition) is 5. The van der Waals surface area contributed by atoms with Crippen molar-refractivity contribution in [1.29, 1.82) is 0 Å². The molecule has 0 saturated carbocycles. The minimum absolute atomic E-state index is 0.0304. The molecule has 0 radical (unpaired) electrons. The molecular formula is C27H24F3N3O3. The third-order valence-corrected chi connectivity index (χ3v) is 6.24. The zero-order valence-electron chi connectivity index (χ0n) is 19.6. The number of hydrogen-bond donors (Lipinski definition) is 0. The van der Waals surface area contributed by atoms with E-state index >= 15 is 0 Å². The highest BCUT2D eigenvalue weighted by molar-refractivity contribution is 5.94. The Bertz CT molecular complexity index is 1440. The molecule has 0 spiro atoms. The number of Topliss-reactive ketones (excluding diaryl/α,β-unsaturated/α-hetero) is 1. The number of ether oxygens (including phenoxy) is 1. The molecule has 1 aliphatic rings. The van der Waals surface area contributed by atoms with E-state index in [1.807, 2.05) is 42.0 Å². The highest BCUT2D eigenvalue weighted by Gasteiger charge is 2.36. The number of rotatable bonds is 7. The third kappa shape index (κ3) is 4.78. The number of halogens is 3. The number of alkyl halides is 3. The number of carbonyl (C=O) groups is 1. The van der Waals surface area contributed by atoms with Crippen LogP contribution in [0.1, 0.15) is 38.2 Å². The number of nitrogens with zero attached hydrogens (tertiary/aromatic N) is 3. The predicted octanol–water partition coefficient (Wildman–Crippen LogP) is 6.84. The van der Waals surface area contributed by atoms with Crippen LogP contribution in [0.15, 0.2) is 65.3 Å². The fourth-order valence-electron chi connectivity index (χ4n) is 4.34. The first-order valence-corrected chi connectivity index (χ1v) is 11.8. The van der Waals surface area contributed by atoms with Gasteiger partial charge in [-0.05, 0) is 55.7 Å². The van der Waals surface area contributed by atoms with Gasteiger partial charge >= 0.3 is 6.18 Å². The van der Waals surface area contributed by atoms with Gasteiger partial charge in [0, 0.05) is 34.6 Å². The molecule has 9 heteroatoms. The van der Waals surface area contributed by atoms with Crippen molar-refractivity contribution in [2.24, 2.45) is 0 Å². The average molecular weight is 496 g/mol. The lowest BCUT2D eigenvalue weighted by Crippen LogP contribution is -2.18. The van der Waals surface area contributed by atoms with Crippen LogP contribution < -0.4 is 4.74 Å². The van der Waals surface area contributed by atoms with Crippen LogP contribution in [-0.4, -0.2) is 26.6 Å². The Morgan fingerprint density at radius 1 is 1.22 bits per heavy atom. The van der Waals surface area contributed by atoms with Gasteiger partial charge in [0.05, 0.1) is 12.1 Å². The summed E-state index contributed by atoms with van der Waals surface area (Å²) in [6.07, 6.45) is 3.42. The van der Waals surface area contributed by atoms with Crippen molar-refractivity contribution in [3.8, 4) is 28.6 Å². The molecule has 0 bridgehead atoms. The Balaban J connectivity index is 1.47. The minimum atomic E-state index is -4.61. The van der Waals surface area contributed by atoms with Gasteiger partial charge in [-0.1, -0.05) is 30.3 Å². The maximum absolute atomic E-state index is 13.9. The summed E-state index contributed by atoms with van der Waals surface area (Å²) in [5.74, 6) is 0.0935. The Hall–Kier alpha value is -3.88. The molecule has 0 aliphatic heterocycles. The predicted molar refractivity (Wildman–Crippen MR) is 128 cm³/mol. The van der Waals surface area contributed by atoms with Gasteiger partial charge in [-0.15, -0.1) is 0 Å². The number of carbonyl (C=O) groups excluding carboxylic acids is 1. The molecule has 0 N–H and O–H groups in total. The molecular weight excluding hydrogens is 471 g/mol. The van der Waals surface area contributed by atoms with Crippen molar-refractivity contribution in [2.45, 2.75) is 51.4 Å². The summed E-state index contributed by atoms with van der Waals surface area (Å²) in [5, 5.41) is 4.84. The molecule has 0 fully saturated rings. The number of ketones is 1. The van der Waals surface area contributed by atoms with Gasteiger partial charge < -0.3 is 13.8 Å². The van der Waals surface area contributed by atoms with E-state index < -0.39 is 11.7 Å². The summed E-state index contributed by atoms with van der Waals surface area (Å²) in [4.78, 5) is 16.3. The molecule has 6 nitrogen and oxygen atoms in total. The van der Waals surface area contributed by atoms with Gasteiger partial charge in [0.25, 0.3) is 5.89 Å². The Morgan fingerprint density at radius 2 is 2.08 bits per heavy atom. The first kappa shape index (κ1) is 23.8. The topological polar surface area (TPSA) is 70.2 Å². The highest BCUT2D eigenvalue weighted by Crippen LogP contribution is 2.40. The van der Waals surface area contributed by atoms with Crippen LogP contribution in [0.3, 0.4) is 0 Å². The smallest absolute Gasteiger partial charge is 0.419 e. The minimum Gasteiger partial charge on any atom is -0.486 e. The van der Waals surface area contributed by atoms with Gasteiger partial charge in [-0.25, -0.2) is 0 Å². The lowest BCUT2D eigenvalue weighted by Gasteiger charge is -2.21. The second-order valence-electron chi connectivity index (χ2n) is 8.72. The van der Waals surface area contributed by atoms with Crippen molar-refractivity contribution in [2.75, 3.05) is 0 Å². The largest absolute Gasteiger partial charge is 0.486 e. The Kier molecular flexibility index (Phi) is 6.38. The SMILES string of the molecule is CCC(=O)Cn1ccc2c(-c3noc(-c4ccc(OC5C=CCCC5)c(C(F)(F)F)c4)n3)cccc21. The maximum atomic E-state index is 13.9. The monoisotopic (exact) mass is 495 g/mol. The first-order valence-electron chi connectivity index (χ1n) is 11.8. The van der Waals surface area contributed by atoms with Crippen molar-refractivity contribution in [1.82, 2.24) is 14.7 Å². The van der Waals surface area contributed by atoms with Crippen LogP contribution in [0, 0.1) is 0 Å². The van der Waals surface area contributed by atoms with E-state index in [2.05, 4.69) is 10.1 Å². The van der Waals surface area contributed by atoms with E-state index in [4.69, 9.17) is 9.26 Å². The molecule has 2 aromatic carbocycles. The van der Waals surface area contributed by atoms with Crippen molar-refractivity contribution >= 4 is 16.7 Å². The van der Waals surface area contributed by atoms with Crippen molar-refractivity contribution in [3.05, 3.63) is 66.4 Å². The van der Waals surface area contributed by atoms with E-state index in [9.17, 15) is 18.0 Å². The molecule has 36 heavy (non-hydrogen) atoms. The molecule has 2 heterocycles. The van der Waals surface area contributed by atoms with Gasteiger partial charge in [0.2, 0.25) is 5.82 Å². The maximum Gasteiger partial charge on any atom is 0.419 e. The molecule has 1 unspecified atom stereocenters. The normalized spacial score (nSPS) is 15.9. The van der Waals surface area contributed by atoms with Gasteiger partial charge in [-0.3, -0.25) is 4.79 Å². The van der Waals surface area contributed by atoms with Crippen molar-refractivity contribution in [3.63, 3.8) is 0 Å². The fraction of sp³-hybridized carbons (Fsp3) is 0.296. The average Bonchev–Trinajstić information content (AvgIpc) is 3.52. The van der Waals surface area contributed by atoms with Gasteiger partial charge in [0.1, 0.15) is 11.9 Å². The summed E-state index contributed by atoms with van der Waals surface area (Å²) in [6.45, 7) is 2.07. The molecule has 0 saturated heterocycles. The summed E-state index contributed by atoms with van der Waals surface area (Å²) < 4.78 is 54.5. The van der Waals surface area contributed by atoms with E-state index in [1.165, 1.54) is 12.1 Å². The standard InChI is InChI=1S/C27H24F3N3O3/c1-2-18(34)16-33-14-13-20-21(9-6-10-23(20)33)25-31-26(36-32-25)17-11-12-24(22(15-17)27(28,29)30)35-19-7-4-3-5-8-19/h4,6-7,9-15,19H,2-3,5,8,16H2,1H3. The second-order valence-corrected chi connectivity index (χ2v) is 8.72. The van der Waals surface area contributed by atoms with Gasteiger partial charge in [-0.2, -0.15) is 18.2 Å².